The minimum absolute atomic E-state index is 0.321. The van der Waals surface area contributed by atoms with E-state index in [1.54, 1.807) is 0 Å². The van der Waals surface area contributed by atoms with Gasteiger partial charge in [0.2, 0.25) is 0 Å². The summed E-state index contributed by atoms with van der Waals surface area (Å²) in [7, 11) is 2.08. The van der Waals surface area contributed by atoms with Crippen LogP contribution < -0.4 is 5.32 Å². The van der Waals surface area contributed by atoms with E-state index in [0.29, 0.717) is 18.6 Å². The maximum atomic E-state index is 9.06. The highest BCUT2D eigenvalue weighted by Crippen LogP contribution is 2.34. The lowest BCUT2D eigenvalue weighted by Gasteiger charge is -2.35. The van der Waals surface area contributed by atoms with Crippen molar-refractivity contribution < 1.29 is 5.11 Å². The molecule has 1 saturated carbocycles. The molecule has 16 heavy (non-hydrogen) atoms. The predicted molar refractivity (Wildman–Crippen MR) is 73.0 cm³/mol. The highest BCUT2D eigenvalue weighted by molar-refractivity contribution is 7.99. The van der Waals surface area contributed by atoms with Gasteiger partial charge in [-0.3, -0.25) is 0 Å². The van der Waals surface area contributed by atoms with Crippen molar-refractivity contribution in [3.05, 3.63) is 0 Å². The Hall–Kier alpha value is 0.270. The summed E-state index contributed by atoms with van der Waals surface area (Å²) >= 11 is 2.06. The fourth-order valence-electron chi connectivity index (χ4n) is 2.44. The van der Waals surface area contributed by atoms with Crippen LogP contribution in [0.4, 0.5) is 0 Å². The molecule has 2 nitrogen and oxygen atoms in total. The lowest BCUT2D eigenvalue weighted by atomic mass is 9.84. The third kappa shape index (κ3) is 4.27. The van der Waals surface area contributed by atoms with Crippen LogP contribution in [0, 0.1) is 11.8 Å². The van der Waals surface area contributed by atoms with Gasteiger partial charge < -0.3 is 10.4 Å². The van der Waals surface area contributed by atoms with Crippen molar-refractivity contribution in [2.75, 3.05) is 19.4 Å². The highest BCUT2D eigenvalue weighted by Gasteiger charge is 2.29. The lowest BCUT2D eigenvalue weighted by molar-refractivity contribution is 0.250. The van der Waals surface area contributed by atoms with Crippen molar-refractivity contribution in [3.63, 3.8) is 0 Å². The zero-order valence-electron chi connectivity index (χ0n) is 10.9. The average molecular weight is 245 g/mol. The van der Waals surface area contributed by atoms with E-state index in [9.17, 15) is 0 Å². The van der Waals surface area contributed by atoms with Crippen LogP contribution in [0.3, 0.4) is 0 Å². The molecular formula is C13H27NOS. The summed E-state index contributed by atoms with van der Waals surface area (Å²) in [5, 5.41) is 13.3. The summed E-state index contributed by atoms with van der Waals surface area (Å²) in [6.45, 7) is 4.76. The first-order chi connectivity index (χ1) is 7.71. The van der Waals surface area contributed by atoms with Crippen molar-refractivity contribution >= 4 is 11.8 Å². The molecule has 1 aliphatic rings. The van der Waals surface area contributed by atoms with E-state index < -0.39 is 0 Å². The summed E-state index contributed by atoms with van der Waals surface area (Å²) in [5.74, 6) is 2.45. The van der Waals surface area contributed by atoms with Crippen molar-refractivity contribution in [1.29, 1.82) is 0 Å². The molecule has 0 heterocycles. The van der Waals surface area contributed by atoms with E-state index in [-0.39, 0.29) is 0 Å². The molecule has 0 spiro atoms. The van der Waals surface area contributed by atoms with Crippen LogP contribution in [0.5, 0.6) is 0 Å². The molecule has 4 atom stereocenters. The van der Waals surface area contributed by atoms with Crippen LogP contribution in [-0.2, 0) is 0 Å². The van der Waals surface area contributed by atoms with Crippen molar-refractivity contribution in [2.24, 2.45) is 11.8 Å². The highest BCUT2D eigenvalue weighted by atomic mass is 32.2. The van der Waals surface area contributed by atoms with Gasteiger partial charge in [-0.2, -0.15) is 11.8 Å². The Morgan fingerprint density at radius 3 is 2.75 bits per heavy atom. The summed E-state index contributed by atoms with van der Waals surface area (Å²) < 4.78 is 0. The van der Waals surface area contributed by atoms with E-state index in [2.05, 4.69) is 38.0 Å². The van der Waals surface area contributed by atoms with E-state index in [0.717, 1.165) is 16.9 Å². The maximum absolute atomic E-state index is 9.06. The quantitative estimate of drug-likeness (QED) is 0.754. The van der Waals surface area contributed by atoms with Gasteiger partial charge in [0, 0.05) is 17.9 Å². The molecular weight excluding hydrogens is 218 g/mol. The van der Waals surface area contributed by atoms with Gasteiger partial charge in [-0.25, -0.2) is 0 Å². The SMILES string of the molecule is CCC1CCC(NC)C(SCC(C)CO)C1. The molecule has 96 valence electrons. The normalized spacial score (nSPS) is 32.6. The molecule has 0 radical (unpaired) electrons. The fraction of sp³-hybridized carbons (Fsp3) is 1.00. The standard InChI is InChI=1S/C13H27NOS/c1-4-11-5-6-12(14-3)13(7-11)16-9-10(2)8-15/h10-15H,4-9H2,1-3H3. The Labute approximate surface area is 105 Å². The molecule has 0 amide bonds. The van der Waals surface area contributed by atoms with Crippen molar-refractivity contribution in [1.82, 2.24) is 5.32 Å². The van der Waals surface area contributed by atoms with Crippen LogP contribution in [0.2, 0.25) is 0 Å². The molecule has 2 N–H and O–H groups in total. The predicted octanol–water partition coefficient (Wildman–Crippen LogP) is 2.51. The second kappa shape index (κ2) is 7.57. The minimum atomic E-state index is 0.321. The lowest BCUT2D eigenvalue weighted by Crippen LogP contribution is -2.41. The van der Waals surface area contributed by atoms with Gasteiger partial charge in [0.05, 0.1) is 0 Å². The Morgan fingerprint density at radius 2 is 2.19 bits per heavy atom. The molecule has 1 fully saturated rings. The Balaban J connectivity index is 2.39. The number of hydrogen-bond donors (Lipinski definition) is 2. The Bertz CT molecular complexity index is 189. The van der Waals surface area contributed by atoms with Gasteiger partial charge in [0.25, 0.3) is 0 Å². The topological polar surface area (TPSA) is 32.3 Å². The van der Waals surface area contributed by atoms with E-state index in [4.69, 9.17) is 5.11 Å². The summed E-state index contributed by atoms with van der Waals surface area (Å²) in [4.78, 5) is 0. The molecule has 0 aromatic carbocycles. The second-order valence-electron chi connectivity index (χ2n) is 5.14. The third-order valence-corrected chi connectivity index (χ3v) is 5.47. The molecule has 0 aromatic heterocycles. The van der Waals surface area contributed by atoms with E-state index in [1.165, 1.54) is 25.7 Å². The summed E-state index contributed by atoms with van der Waals surface area (Å²) in [6, 6.07) is 0.679. The molecule has 0 aromatic rings. The first-order valence-electron chi connectivity index (χ1n) is 6.60. The van der Waals surface area contributed by atoms with Gasteiger partial charge in [0.15, 0.2) is 0 Å². The molecule has 1 aliphatic carbocycles. The van der Waals surface area contributed by atoms with Gasteiger partial charge in [-0.05, 0) is 43.9 Å². The maximum Gasteiger partial charge on any atom is 0.0464 e. The van der Waals surface area contributed by atoms with Crippen LogP contribution in [-0.4, -0.2) is 35.8 Å². The van der Waals surface area contributed by atoms with Crippen LogP contribution in [0.25, 0.3) is 0 Å². The van der Waals surface area contributed by atoms with E-state index >= 15 is 0 Å². The minimum Gasteiger partial charge on any atom is -0.396 e. The van der Waals surface area contributed by atoms with Gasteiger partial charge in [-0.1, -0.05) is 20.3 Å². The van der Waals surface area contributed by atoms with Crippen molar-refractivity contribution in [3.8, 4) is 0 Å². The van der Waals surface area contributed by atoms with Crippen LogP contribution in [0.15, 0.2) is 0 Å². The van der Waals surface area contributed by atoms with Crippen molar-refractivity contribution in [2.45, 2.75) is 50.8 Å². The number of hydrogen-bond acceptors (Lipinski definition) is 3. The number of thioether (sulfide) groups is 1. The first-order valence-corrected chi connectivity index (χ1v) is 7.65. The molecule has 3 heteroatoms. The second-order valence-corrected chi connectivity index (χ2v) is 6.41. The van der Waals surface area contributed by atoms with Crippen LogP contribution >= 0.6 is 11.8 Å². The number of rotatable bonds is 6. The number of aliphatic hydroxyl groups is 1. The largest absolute Gasteiger partial charge is 0.396 e. The molecule has 0 saturated heterocycles. The first kappa shape index (κ1) is 14.3. The van der Waals surface area contributed by atoms with Gasteiger partial charge in [0.1, 0.15) is 0 Å². The molecule has 1 rings (SSSR count). The number of nitrogens with one attached hydrogen (secondary N) is 1. The summed E-state index contributed by atoms with van der Waals surface area (Å²) in [5.41, 5.74) is 0. The van der Waals surface area contributed by atoms with E-state index in [1.807, 2.05) is 0 Å². The zero-order chi connectivity index (χ0) is 12.0. The van der Waals surface area contributed by atoms with Crippen LogP contribution in [0.1, 0.15) is 39.5 Å². The summed E-state index contributed by atoms with van der Waals surface area (Å²) in [6.07, 6.45) is 5.38. The Morgan fingerprint density at radius 1 is 1.44 bits per heavy atom. The van der Waals surface area contributed by atoms with Gasteiger partial charge in [-0.15, -0.1) is 0 Å². The molecule has 4 unspecified atom stereocenters. The Kier molecular flexibility index (Phi) is 6.78. The van der Waals surface area contributed by atoms with Gasteiger partial charge >= 0.3 is 0 Å². The fourth-order valence-corrected chi connectivity index (χ4v) is 4.03. The number of aliphatic hydroxyl groups excluding tert-OH is 1. The smallest absolute Gasteiger partial charge is 0.0464 e. The average Bonchev–Trinajstić information content (AvgIpc) is 2.35. The molecule has 0 bridgehead atoms. The molecule has 0 aliphatic heterocycles. The third-order valence-electron chi connectivity index (χ3n) is 3.75. The zero-order valence-corrected chi connectivity index (χ0v) is 11.7. The monoisotopic (exact) mass is 245 g/mol.